The number of halogens is 1. The van der Waals surface area contributed by atoms with E-state index in [1.165, 1.54) is 12.8 Å². The molecule has 0 saturated carbocycles. The highest BCUT2D eigenvalue weighted by atomic mass is 127. The minimum atomic E-state index is 0. The Morgan fingerprint density at radius 2 is 1.71 bits per heavy atom. The zero-order chi connectivity index (χ0) is 16.8. The minimum Gasteiger partial charge on any atom is -0.356 e. The van der Waals surface area contributed by atoms with Crippen LogP contribution in [-0.4, -0.2) is 61.4 Å². The Morgan fingerprint density at radius 3 is 2.29 bits per heavy atom. The van der Waals surface area contributed by atoms with Crippen LogP contribution < -0.4 is 5.32 Å². The lowest BCUT2D eigenvalue weighted by Gasteiger charge is -2.37. The van der Waals surface area contributed by atoms with E-state index in [4.69, 9.17) is 0 Å². The molecule has 2 aliphatic heterocycles. The number of carbonyl (C=O) groups is 1. The van der Waals surface area contributed by atoms with Crippen molar-refractivity contribution in [2.24, 2.45) is 22.7 Å². The van der Waals surface area contributed by atoms with Gasteiger partial charge in [-0.1, -0.05) is 20.8 Å². The van der Waals surface area contributed by atoms with Crippen LogP contribution in [0.5, 0.6) is 0 Å². The minimum absolute atomic E-state index is 0. The molecule has 0 aromatic heterocycles. The fourth-order valence-electron chi connectivity index (χ4n) is 4.02. The number of likely N-dealkylation sites (tertiary alicyclic amines) is 2. The Labute approximate surface area is 164 Å². The normalized spacial score (nSPS) is 28.3. The van der Waals surface area contributed by atoms with Crippen LogP contribution in [-0.2, 0) is 4.79 Å². The molecule has 2 aliphatic rings. The quantitative estimate of drug-likeness (QED) is 0.409. The molecule has 2 heterocycles. The van der Waals surface area contributed by atoms with Crippen LogP contribution in [0.15, 0.2) is 4.99 Å². The van der Waals surface area contributed by atoms with Gasteiger partial charge < -0.3 is 15.1 Å². The molecule has 0 spiro atoms. The summed E-state index contributed by atoms with van der Waals surface area (Å²) in [4.78, 5) is 21.1. The van der Waals surface area contributed by atoms with Crippen LogP contribution in [0.1, 0.15) is 46.5 Å². The molecule has 0 bridgehead atoms. The van der Waals surface area contributed by atoms with Crippen LogP contribution >= 0.6 is 24.0 Å². The predicted molar refractivity (Wildman–Crippen MR) is 111 cm³/mol. The standard InChI is InChI=1S/C18H34N4O.HI/c1-14-6-5-9-21(11-14)17(23)7-8-20-18(19-4)22-12-15(2)10-16(3)13-22;/h14-16H,5-13H2,1-4H3,(H,19,20);1H. The van der Waals surface area contributed by atoms with Gasteiger partial charge in [0.25, 0.3) is 0 Å². The van der Waals surface area contributed by atoms with Gasteiger partial charge in [0.05, 0.1) is 0 Å². The van der Waals surface area contributed by atoms with E-state index >= 15 is 0 Å². The van der Waals surface area contributed by atoms with E-state index in [0.29, 0.717) is 30.7 Å². The average Bonchev–Trinajstić information content (AvgIpc) is 2.50. The van der Waals surface area contributed by atoms with Gasteiger partial charge in [0.15, 0.2) is 5.96 Å². The molecule has 140 valence electrons. The van der Waals surface area contributed by atoms with Crippen LogP contribution in [0.3, 0.4) is 0 Å². The summed E-state index contributed by atoms with van der Waals surface area (Å²) in [7, 11) is 1.83. The van der Waals surface area contributed by atoms with Crippen molar-refractivity contribution in [3.63, 3.8) is 0 Å². The second-order valence-corrected chi connectivity index (χ2v) is 7.66. The molecular weight excluding hydrogens is 415 g/mol. The number of piperidine rings is 2. The highest BCUT2D eigenvalue weighted by molar-refractivity contribution is 14.0. The van der Waals surface area contributed by atoms with Crippen LogP contribution in [0.2, 0.25) is 0 Å². The van der Waals surface area contributed by atoms with Gasteiger partial charge in [0, 0.05) is 46.2 Å². The summed E-state index contributed by atoms with van der Waals surface area (Å²) in [6.07, 6.45) is 4.25. The fraction of sp³-hybridized carbons (Fsp3) is 0.889. The SMILES string of the molecule is CN=C(NCCC(=O)N1CCCC(C)C1)N1CC(C)CC(C)C1.I. The van der Waals surface area contributed by atoms with Gasteiger partial charge in [0.2, 0.25) is 5.91 Å². The molecule has 0 aromatic rings. The Balaban J connectivity index is 0.00000288. The Morgan fingerprint density at radius 1 is 1.08 bits per heavy atom. The van der Waals surface area contributed by atoms with Gasteiger partial charge in [-0.25, -0.2) is 0 Å². The number of nitrogens with zero attached hydrogens (tertiary/aromatic N) is 3. The summed E-state index contributed by atoms with van der Waals surface area (Å²) >= 11 is 0. The predicted octanol–water partition coefficient (Wildman–Crippen LogP) is 2.81. The number of rotatable bonds is 3. The van der Waals surface area contributed by atoms with Crippen molar-refractivity contribution in [2.75, 3.05) is 39.8 Å². The van der Waals surface area contributed by atoms with E-state index in [2.05, 4.69) is 36.0 Å². The lowest BCUT2D eigenvalue weighted by atomic mass is 9.92. The molecular formula is C18H35IN4O. The molecule has 0 aliphatic carbocycles. The first-order valence-corrected chi connectivity index (χ1v) is 9.23. The van der Waals surface area contributed by atoms with Crippen molar-refractivity contribution in [2.45, 2.75) is 46.5 Å². The van der Waals surface area contributed by atoms with E-state index in [9.17, 15) is 4.79 Å². The molecule has 0 aromatic carbocycles. The second-order valence-electron chi connectivity index (χ2n) is 7.66. The third kappa shape index (κ3) is 6.41. The summed E-state index contributed by atoms with van der Waals surface area (Å²) in [5.41, 5.74) is 0. The maximum absolute atomic E-state index is 12.3. The van der Waals surface area contributed by atoms with E-state index in [1.54, 1.807) is 0 Å². The first-order chi connectivity index (χ1) is 11.0. The topological polar surface area (TPSA) is 47.9 Å². The average molecular weight is 450 g/mol. The number of carbonyl (C=O) groups excluding carboxylic acids is 1. The summed E-state index contributed by atoms with van der Waals surface area (Å²) in [6, 6.07) is 0. The number of amides is 1. The van der Waals surface area contributed by atoms with Crippen LogP contribution in [0, 0.1) is 17.8 Å². The highest BCUT2D eigenvalue weighted by Crippen LogP contribution is 2.21. The number of guanidine groups is 1. The lowest BCUT2D eigenvalue weighted by Crippen LogP contribution is -2.49. The zero-order valence-electron chi connectivity index (χ0n) is 15.8. The fourth-order valence-corrected chi connectivity index (χ4v) is 4.02. The van der Waals surface area contributed by atoms with Crippen LogP contribution in [0.25, 0.3) is 0 Å². The summed E-state index contributed by atoms with van der Waals surface area (Å²) < 4.78 is 0. The van der Waals surface area contributed by atoms with Gasteiger partial charge in [-0.2, -0.15) is 0 Å². The number of hydrogen-bond acceptors (Lipinski definition) is 2. The van der Waals surface area contributed by atoms with Crippen molar-refractivity contribution >= 4 is 35.8 Å². The third-order valence-electron chi connectivity index (χ3n) is 5.01. The number of nitrogens with one attached hydrogen (secondary N) is 1. The van der Waals surface area contributed by atoms with Crippen molar-refractivity contribution in [1.29, 1.82) is 0 Å². The third-order valence-corrected chi connectivity index (χ3v) is 5.01. The molecule has 6 heteroatoms. The summed E-state index contributed by atoms with van der Waals surface area (Å²) in [6.45, 7) is 11.5. The molecule has 1 N–H and O–H groups in total. The molecule has 3 unspecified atom stereocenters. The van der Waals surface area contributed by atoms with Crippen molar-refractivity contribution in [3.05, 3.63) is 0 Å². The molecule has 2 saturated heterocycles. The van der Waals surface area contributed by atoms with Gasteiger partial charge in [-0.15, -0.1) is 24.0 Å². The Kier molecular flexibility index (Phi) is 9.37. The summed E-state index contributed by atoms with van der Waals surface area (Å²) in [5.74, 6) is 3.27. The molecule has 1 amide bonds. The molecule has 2 fully saturated rings. The second kappa shape index (κ2) is 10.5. The first-order valence-electron chi connectivity index (χ1n) is 9.23. The Hall–Kier alpha value is -0.530. The zero-order valence-corrected chi connectivity index (χ0v) is 18.1. The highest BCUT2D eigenvalue weighted by Gasteiger charge is 2.24. The van der Waals surface area contributed by atoms with Gasteiger partial charge in [-0.3, -0.25) is 9.79 Å². The van der Waals surface area contributed by atoms with Crippen molar-refractivity contribution < 1.29 is 4.79 Å². The summed E-state index contributed by atoms with van der Waals surface area (Å²) in [5, 5.41) is 3.39. The van der Waals surface area contributed by atoms with Crippen molar-refractivity contribution in [3.8, 4) is 0 Å². The van der Waals surface area contributed by atoms with Gasteiger partial charge in [0.1, 0.15) is 0 Å². The lowest BCUT2D eigenvalue weighted by molar-refractivity contribution is -0.132. The molecule has 5 nitrogen and oxygen atoms in total. The van der Waals surface area contributed by atoms with Crippen molar-refractivity contribution in [1.82, 2.24) is 15.1 Å². The molecule has 2 rings (SSSR count). The molecule has 3 atom stereocenters. The maximum Gasteiger partial charge on any atom is 0.224 e. The number of hydrogen-bond donors (Lipinski definition) is 1. The molecule has 24 heavy (non-hydrogen) atoms. The van der Waals surface area contributed by atoms with Crippen LogP contribution in [0.4, 0.5) is 0 Å². The monoisotopic (exact) mass is 450 g/mol. The number of aliphatic imine (C=N–C) groups is 1. The Bertz CT molecular complexity index is 419. The smallest absolute Gasteiger partial charge is 0.224 e. The maximum atomic E-state index is 12.3. The van der Waals surface area contributed by atoms with E-state index < -0.39 is 0 Å². The first kappa shape index (κ1) is 21.5. The van der Waals surface area contributed by atoms with E-state index in [-0.39, 0.29) is 29.9 Å². The van der Waals surface area contributed by atoms with E-state index in [1.807, 2.05) is 11.9 Å². The largest absolute Gasteiger partial charge is 0.356 e. The molecule has 0 radical (unpaired) electrons. The van der Waals surface area contributed by atoms with Gasteiger partial charge >= 0.3 is 0 Å². The van der Waals surface area contributed by atoms with Gasteiger partial charge in [-0.05, 0) is 37.0 Å². The van der Waals surface area contributed by atoms with E-state index in [0.717, 1.165) is 38.6 Å².